The number of hydrogen-bond donors (Lipinski definition) is 0. The number of piperazine rings is 1. The maximum absolute atomic E-state index is 13.2. The van der Waals surface area contributed by atoms with E-state index in [1.54, 1.807) is 30.0 Å². The minimum absolute atomic E-state index is 0.106. The molecule has 5 rings (SSSR count). The van der Waals surface area contributed by atoms with E-state index in [2.05, 4.69) is 0 Å². The summed E-state index contributed by atoms with van der Waals surface area (Å²) < 4.78 is 68.1. The van der Waals surface area contributed by atoms with Crippen LogP contribution in [0.15, 0.2) is 42.5 Å². The van der Waals surface area contributed by atoms with Crippen LogP contribution in [0.2, 0.25) is 0 Å². The van der Waals surface area contributed by atoms with Crippen molar-refractivity contribution in [3.05, 3.63) is 64.7 Å². The number of rotatable bonds is 7. The van der Waals surface area contributed by atoms with Crippen molar-refractivity contribution in [3.63, 3.8) is 0 Å². The van der Waals surface area contributed by atoms with Gasteiger partial charge >= 0.3 is 15.5 Å². The second-order valence-corrected chi connectivity index (χ2v) is 12.7. The number of ketones is 2. The molecule has 2 fully saturated rings. The number of carbonyl (C=O) groups is 3. The average Bonchev–Trinajstić information content (AvgIpc) is 3.28. The van der Waals surface area contributed by atoms with Gasteiger partial charge < -0.3 is 9.64 Å². The van der Waals surface area contributed by atoms with Crippen LogP contribution < -0.4 is 4.74 Å². The Balaban J connectivity index is 1.18. The van der Waals surface area contributed by atoms with Crippen LogP contribution in [0.25, 0.3) is 0 Å². The topological polar surface area (TPSA) is 104 Å². The summed E-state index contributed by atoms with van der Waals surface area (Å²) in [7, 11) is -5.31. The molecule has 1 saturated carbocycles. The van der Waals surface area contributed by atoms with E-state index in [0.717, 1.165) is 11.1 Å². The fourth-order valence-corrected chi connectivity index (χ4v) is 6.48. The van der Waals surface area contributed by atoms with Crippen molar-refractivity contribution in [2.24, 2.45) is 0 Å². The number of nitrogens with zero attached hydrogens (tertiary/aromatic N) is 3. The number of hydrogen-bond acceptors (Lipinski definition) is 7. The molecule has 2 aromatic rings. The lowest BCUT2D eigenvalue weighted by molar-refractivity contribution is -0.138. The van der Waals surface area contributed by atoms with E-state index in [1.807, 2.05) is 29.2 Å². The van der Waals surface area contributed by atoms with E-state index in [0.29, 0.717) is 34.1 Å². The number of fused-ring (bicyclic) bond motifs is 1. The van der Waals surface area contributed by atoms with Gasteiger partial charge in [0, 0.05) is 50.3 Å². The molecule has 0 unspecified atom stereocenters. The van der Waals surface area contributed by atoms with Gasteiger partial charge in [-0.15, -0.1) is 0 Å². The molecule has 1 aliphatic carbocycles. The van der Waals surface area contributed by atoms with Crippen LogP contribution in [0.5, 0.6) is 5.75 Å². The molecule has 2 aromatic carbocycles. The molecule has 0 aromatic heterocycles. The lowest BCUT2D eigenvalue weighted by Crippen LogP contribution is -2.55. The van der Waals surface area contributed by atoms with Crippen molar-refractivity contribution in [1.82, 2.24) is 14.1 Å². The molecule has 0 bridgehead atoms. The summed E-state index contributed by atoms with van der Waals surface area (Å²) >= 11 is 0. The molecule has 0 radical (unpaired) electrons. The molecule has 13 heteroatoms. The molecule has 3 aliphatic rings. The zero-order valence-corrected chi connectivity index (χ0v) is 23.3. The van der Waals surface area contributed by atoms with Gasteiger partial charge in [0.1, 0.15) is 23.7 Å². The van der Waals surface area contributed by atoms with Gasteiger partial charge in [0.15, 0.2) is 5.78 Å². The Morgan fingerprint density at radius 1 is 0.951 bits per heavy atom. The van der Waals surface area contributed by atoms with Gasteiger partial charge in [0.05, 0.1) is 13.0 Å². The first-order valence-corrected chi connectivity index (χ1v) is 14.7. The van der Waals surface area contributed by atoms with E-state index in [1.165, 1.54) is 0 Å². The normalized spacial score (nSPS) is 22.7. The number of alkyl halides is 3. The minimum atomic E-state index is -5.31. The maximum atomic E-state index is 13.2. The summed E-state index contributed by atoms with van der Waals surface area (Å²) in [5.41, 5.74) is -3.36. The minimum Gasteiger partial charge on any atom is -0.489 e. The molecule has 1 amide bonds. The van der Waals surface area contributed by atoms with E-state index in [4.69, 9.17) is 4.74 Å². The Labute approximate surface area is 235 Å². The lowest BCUT2D eigenvalue weighted by Gasteiger charge is -2.39. The Bertz CT molecular complexity index is 1470. The largest absolute Gasteiger partial charge is 0.511 e. The van der Waals surface area contributed by atoms with Gasteiger partial charge in [-0.1, -0.05) is 30.3 Å². The number of Topliss-reactive ketones (excluding diaryl/α,β-unsaturated/α-hetero) is 2. The zero-order valence-electron chi connectivity index (χ0n) is 22.4. The molecule has 2 heterocycles. The van der Waals surface area contributed by atoms with E-state index in [9.17, 15) is 36.0 Å². The summed E-state index contributed by atoms with van der Waals surface area (Å²) in [5, 5.41) is 0. The fraction of sp³-hybridized carbons (Fsp3) is 0.464. The maximum Gasteiger partial charge on any atom is 0.511 e. The fourth-order valence-electron chi connectivity index (χ4n) is 5.54. The zero-order chi connectivity index (χ0) is 29.6. The van der Waals surface area contributed by atoms with E-state index >= 15 is 0 Å². The third kappa shape index (κ3) is 5.62. The summed E-state index contributed by atoms with van der Waals surface area (Å²) in [6.07, 6.45) is 0.402. The molecule has 41 heavy (non-hydrogen) atoms. The highest BCUT2D eigenvalue weighted by atomic mass is 32.2. The number of halogens is 3. The quantitative estimate of drug-likeness (QED) is 0.454. The number of ether oxygens (including phenoxy) is 1. The van der Waals surface area contributed by atoms with Crippen molar-refractivity contribution in [2.75, 3.05) is 26.2 Å². The van der Waals surface area contributed by atoms with Crippen LogP contribution in [0.4, 0.5) is 13.2 Å². The monoisotopic (exact) mass is 593 g/mol. The van der Waals surface area contributed by atoms with Gasteiger partial charge in [-0.05, 0) is 36.6 Å². The van der Waals surface area contributed by atoms with Crippen LogP contribution in [0.1, 0.15) is 53.2 Å². The third-order valence-electron chi connectivity index (χ3n) is 8.16. The summed E-state index contributed by atoms with van der Waals surface area (Å²) in [6, 6.07) is 12.7. The van der Waals surface area contributed by atoms with E-state index in [-0.39, 0.29) is 69.6 Å². The molecule has 1 saturated heterocycles. The standard InChI is InChI=1S/C28H30F3N3O6S/c1-27(10-9-21(35)15-25(27)36)34-17-23-22(26(34)37)3-2-4-24(23)40-18-20-7-5-19(6-8-20)16-32-11-13-33(14-12-32)41(38,39)28(29,30)31/h2-8H,9-18H2,1H3/t27-/m0/s1. The van der Waals surface area contributed by atoms with Crippen molar-refractivity contribution in [2.45, 2.75) is 56.9 Å². The van der Waals surface area contributed by atoms with Crippen LogP contribution >= 0.6 is 0 Å². The highest BCUT2D eigenvalue weighted by Crippen LogP contribution is 2.39. The van der Waals surface area contributed by atoms with Gasteiger partial charge in [0.2, 0.25) is 0 Å². The first-order valence-electron chi connectivity index (χ1n) is 13.3. The highest BCUT2D eigenvalue weighted by molar-refractivity contribution is 7.90. The van der Waals surface area contributed by atoms with Crippen molar-refractivity contribution < 1.29 is 40.7 Å². The van der Waals surface area contributed by atoms with Gasteiger partial charge in [-0.25, -0.2) is 8.42 Å². The number of sulfonamides is 1. The number of amides is 1. The second-order valence-electron chi connectivity index (χ2n) is 10.8. The molecule has 220 valence electrons. The lowest BCUT2D eigenvalue weighted by atomic mass is 9.80. The number of benzene rings is 2. The molecule has 0 spiro atoms. The number of carbonyl (C=O) groups excluding carboxylic acids is 3. The van der Waals surface area contributed by atoms with Gasteiger partial charge in [-0.3, -0.25) is 19.3 Å². The average molecular weight is 594 g/mol. The molecule has 0 N–H and O–H groups in total. The van der Waals surface area contributed by atoms with Crippen LogP contribution in [0, 0.1) is 0 Å². The van der Waals surface area contributed by atoms with Crippen LogP contribution in [-0.4, -0.2) is 77.2 Å². The highest BCUT2D eigenvalue weighted by Gasteiger charge is 2.50. The third-order valence-corrected chi connectivity index (χ3v) is 9.79. The smallest absolute Gasteiger partial charge is 0.489 e. The first kappa shape index (κ1) is 29.2. The molecule has 2 aliphatic heterocycles. The molecule has 1 atom stereocenters. The van der Waals surface area contributed by atoms with Crippen LogP contribution in [-0.2, 0) is 39.3 Å². The SMILES string of the molecule is C[C@]1(N2Cc3c(OCc4ccc(CN5CCN(S(=O)(=O)C(F)(F)F)CC5)cc4)cccc3C2=O)CCC(=O)CC1=O. The summed E-state index contributed by atoms with van der Waals surface area (Å²) in [4.78, 5) is 41.1. The van der Waals surface area contributed by atoms with E-state index < -0.39 is 21.1 Å². The Kier molecular flexibility index (Phi) is 7.72. The predicted octanol–water partition coefficient (Wildman–Crippen LogP) is 3.27. The van der Waals surface area contributed by atoms with Crippen molar-refractivity contribution in [1.29, 1.82) is 0 Å². The first-order chi connectivity index (χ1) is 19.3. The van der Waals surface area contributed by atoms with Gasteiger partial charge in [0.25, 0.3) is 5.91 Å². The van der Waals surface area contributed by atoms with Crippen molar-refractivity contribution >= 4 is 27.5 Å². The second kappa shape index (κ2) is 10.8. The molecule has 9 nitrogen and oxygen atoms in total. The summed E-state index contributed by atoms with van der Waals surface area (Å²) in [6.45, 7) is 2.57. The molecular formula is C28H30F3N3O6S. The Hall–Kier alpha value is -3.29. The van der Waals surface area contributed by atoms with Crippen LogP contribution in [0.3, 0.4) is 0 Å². The Morgan fingerprint density at radius 2 is 1.61 bits per heavy atom. The molecular weight excluding hydrogens is 563 g/mol. The van der Waals surface area contributed by atoms with Crippen molar-refractivity contribution in [3.8, 4) is 5.75 Å². The predicted molar refractivity (Wildman–Crippen MR) is 141 cm³/mol. The van der Waals surface area contributed by atoms with Gasteiger partial charge in [-0.2, -0.15) is 17.5 Å². The Morgan fingerprint density at radius 3 is 2.24 bits per heavy atom. The summed E-state index contributed by atoms with van der Waals surface area (Å²) in [5.74, 6) is -0.0646.